The third kappa shape index (κ3) is 33.2. The molecule has 1 N–H and O–H groups in total. The average Bonchev–Trinajstić information content (AvgIpc) is 2.81. The van der Waals surface area contributed by atoms with E-state index in [-0.39, 0.29) is 0 Å². The fourth-order valence-corrected chi connectivity index (χ4v) is 3.34. The minimum absolute atomic E-state index is 0.306. The van der Waals surface area contributed by atoms with E-state index in [0.717, 1.165) is 38.5 Å². The predicted octanol–water partition coefficient (Wildman–Crippen LogP) is 8.46. The molecule has 33 heavy (non-hydrogen) atoms. The number of aliphatic hydroxyl groups excluding tert-OH is 1. The number of carbonyl (C=O) groups is 2. The van der Waals surface area contributed by atoms with Crippen LogP contribution in [0.5, 0.6) is 0 Å². The fourth-order valence-electron chi connectivity index (χ4n) is 3.34. The number of carbonyl (C=O) groups excluding carboxylic acids is 2. The number of unbranched alkanes of at least 4 members (excludes halogenated alkanes) is 16. The molecule has 5 nitrogen and oxygen atoms in total. The van der Waals surface area contributed by atoms with Crippen LogP contribution in [0, 0.1) is 5.92 Å². The second-order valence-electron chi connectivity index (χ2n) is 9.64. The van der Waals surface area contributed by atoms with Crippen molar-refractivity contribution in [2.75, 3.05) is 6.61 Å². The Hall–Kier alpha value is -1.10. The molecule has 0 saturated carbocycles. The Kier molecular flexibility index (Phi) is 29.9. The van der Waals surface area contributed by atoms with Crippen molar-refractivity contribution >= 4 is 11.9 Å². The van der Waals surface area contributed by atoms with Crippen LogP contribution in [0.4, 0.5) is 0 Å². The summed E-state index contributed by atoms with van der Waals surface area (Å²) >= 11 is 0. The van der Waals surface area contributed by atoms with Crippen LogP contribution in [0.15, 0.2) is 0 Å². The average molecular weight is 473 g/mol. The van der Waals surface area contributed by atoms with Crippen LogP contribution in [0.1, 0.15) is 156 Å². The van der Waals surface area contributed by atoms with Crippen molar-refractivity contribution < 1.29 is 24.5 Å². The zero-order valence-electron chi connectivity index (χ0n) is 22.5. The van der Waals surface area contributed by atoms with Crippen LogP contribution in [0.25, 0.3) is 0 Å². The summed E-state index contributed by atoms with van der Waals surface area (Å²) < 4.78 is 0. The summed E-state index contributed by atoms with van der Waals surface area (Å²) in [6, 6.07) is 0. The van der Waals surface area contributed by atoms with Crippen molar-refractivity contribution in [3.63, 3.8) is 0 Å². The summed E-state index contributed by atoms with van der Waals surface area (Å²) in [6.45, 7) is 8.71. The minimum Gasteiger partial charge on any atom is -0.396 e. The van der Waals surface area contributed by atoms with Gasteiger partial charge in [-0.05, 0) is 18.8 Å². The van der Waals surface area contributed by atoms with E-state index in [1.165, 1.54) is 77.0 Å². The van der Waals surface area contributed by atoms with Crippen molar-refractivity contribution in [1.29, 1.82) is 0 Å². The lowest BCUT2D eigenvalue weighted by molar-refractivity contribution is -0.259. The van der Waals surface area contributed by atoms with Crippen LogP contribution >= 0.6 is 0 Å². The summed E-state index contributed by atoms with van der Waals surface area (Å²) in [5.74, 6) is -0.415. The van der Waals surface area contributed by atoms with Gasteiger partial charge in [-0.25, -0.2) is 19.4 Å². The molecular formula is C28H56O5. The van der Waals surface area contributed by atoms with Gasteiger partial charge in [-0.3, -0.25) is 0 Å². The highest BCUT2D eigenvalue weighted by molar-refractivity contribution is 5.72. The van der Waals surface area contributed by atoms with Gasteiger partial charge in [0.25, 0.3) is 0 Å². The summed E-state index contributed by atoms with van der Waals surface area (Å²) in [7, 11) is 0. The smallest absolute Gasteiger partial charge is 0.355 e. The van der Waals surface area contributed by atoms with E-state index >= 15 is 0 Å². The molecule has 0 fully saturated rings. The second-order valence-corrected chi connectivity index (χ2v) is 9.64. The molecule has 0 saturated heterocycles. The monoisotopic (exact) mass is 472 g/mol. The van der Waals surface area contributed by atoms with Gasteiger partial charge < -0.3 is 5.11 Å². The normalized spacial score (nSPS) is 10.6. The lowest BCUT2D eigenvalue weighted by Crippen LogP contribution is -2.11. The molecule has 0 aliphatic carbocycles. The van der Waals surface area contributed by atoms with Crippen LogP contribution in [-0.4, -0.2) is 23.7 Å². The Labute approximate surface area is 205 Å². The van der Waals surface area contributed by atoms with Crippen LogP contribution in [0.2, 0.25) is 0 Å². The minimum atomic E-state index is -0.427. The first kappa shape index (κ1) is 34.1. The van der Waals surface area contributed by atoms with Crippen LogP contribution < -0.4 is 0 Å². The molecule has 0 aromatic rings. The lowest BCUT2D eigenvalue weighted by Gasteiger charge is -2.04. The van der Waals surface area contributed by atoms with Gasteiger partial charge in [0, 0.05) is 6.61 Å². The summed E-state index contributed by atoms with van der Waals surface area (Å²) in [4.78, 5) is 32.4. The molecule has 0 aromatic heterocycles. The maximum absolute atomic E-state index is 11.6. The standard InChI is InChI=1S/C24H46O4.C4H10O/c1-3-5-7-9-11-13-15-17-19-21-23(25)27-28-24(26)22-20-18-16-14-12-10-8-6-4-2;1-4(2)3-5/h3-22H2,1-2H3;4-5H,3H2,1-2H3. The van der Waals surface area contributed by atoms with Gasteiger partial charge in [0.05, 0.1) is 12.8 Å². The Morgan fingerprint density at radius 3 is 1.03 bits per heavy atom. The van der Waals surface area contributed by atoms with Crippen molar-refractivity contribution in [1.82, 2.24) is 0 Å². The number of hydrogen-bond acceptors (Lipinski definition) is 5. The van der Waals surface area contributed by atoms with Gasteiger partial charge in [0.1, 0.15) is 0 Å². The molecule has 0 rings (SSSR count). The number of aliphatic hydroxyl groups is 1. The Balaban J connectivity index is 0. The topological polar surface area (TPSA) is 72.8 Å². The first-order valence-corrected chi connectivity index (χ1v) is 14.0. The van der Waals surface area contributed by atoms with Crippen LogP contribution in [0.3, 0.4) is 0 Å². The largest absolute Gasteiger partial charge is 0.396 e. The molecule has 5 heteroatoms. The van der Waals surface area contributed by atoms with Gasteiger partial charge in [-0.2, -0.15) is 0 Å². The van der Waals surface area contributed by atoms with Crippen molar-refractivity contribution in [2.24, 2.45) is 5.92 Å². The molecule has 0 aromatic carbocycles. The van der Waals surface area contributed by atoms with Crippen molar-refractivity contribution in [2.45, 2.75) is 156 Å². The van der Waals surface area contributed by atoms with Crippen LogP contribution in [-0.2, 0) is 19.4 Å². The SMILES string of the molecule is CC(C)CO.CCCCCCCCCCCC(=O)OOC(=O)CCCCCCCCCCC. The first-order chi connectivity index (χ1) is 16.0. The molecule has 0 bridgehead atoms. The Morgan fingerprint density at radius 1 is 0.545 bits per heavy atom. The van der Waals surface area contributed by atoms with E-state index in [1.807, 2.05) is 13.8 Å². The number of hydrogen-bond donors (Lipinski definition) is 1. The molecule has 0 radical (unpaired) electrons. The summed E-state index contributed by atoms with van der Waals surface area (Å²) in [5.41, 5.74) is 0. The van der Waals surface area contributed by atoms with Crippen molar-refractivity contribution in [3.05, 3.63) is 0 Å². The van der Waals surface area contributed by atoms with E-state index < -0.39 is 11.9 Å². The van der Waals surface area contributed by atoms with Gasteiger partial charge >= 0.3 is 11.9 Å². The molecule has 0 heterocycles. The molecule has 198 valence electrons. The zero-order chi connectivity index (χ0) is 25.0. The van der Waals surface area contributed by atoms with Gasteiger partial charge in [-0.15, -0.1) is 0 Å². The van der Waals surface area contributed by atoms with Crippen molar-refractivity contribution in [3.8, 4) is 0 Å². The van der Waals surface area contributed by atoms with E-state index in [1.54, 1.807) is 0 Å². The Morgan fingerprint density at radius 2 is 0.788 bits per heavy atom. The third-order valence-corrected chi connectivity index (χ3v) is 5.56. The Bertz CT molecular complexity index is 375. The van der Waals surface area contributed by atoms with E-state index in [4.69, 9.17) is 5.11 Å². The van der Waals surface area contributed by atoms with E-state index in [0.29, 0.717) is 25.4 Å². The first-order valence-electron chi connectivity index (χ1n) is 14.0. The zero-order valence-corrected chi connectivity index (χ0v) is 22.5. The number of rotatable bonds is 21. The summed E-state index contributed by atoms with van der Waals surface area (Å²) in [6.07, 6.45) is 22.3. The van der Waals surface area contributed by atoms with E-state index in [2.05, 4.69) is 23.6 Å². The van der Waals surface area contributed by atoms with Gasteiger partial charge in [0.15, 0.2) is 0 Å². The second kappa shape index (κ2) is 28.9. The van der Waals surface area contributed by atoms with Gasteiger partial charge in [-0.1, -0.05) is 130 Å². The highest BCUT2D eigenvalue weighted by Gasteiger charge is 2.09. The molecule has 0 amide bonds. The lowest BCUT2D eigenvalue weighted by atomic mass is 10.1. The van der Waals surface area contributed by atoms with Gasteiger partial charge in [0.2, 0.25) is 0 Å². The summed E-state index contributed by atoms with van der Waals surface area (Å²) in [5, 5.41) is 8.14. The molecule has 0 unspecified atom stereocenters. The highest BCUT2D eigenvalue weighted by Crippen LogP contribution is 2.12. The maximum atomic E-state index is 11.6. The molecular weight excluding hydrogens is 416 g/mol. The maximum Gasteiger partial charge on any atom is 0.355 e. The predicted molar refractivity (Wildman–Crippen MR) is 138 cm³/mol. The third-order valence-electron chi connectivity index (χ3n) is 5.56. The molecule has 0 atom stereocenters. The highest BCUT2D eigenvalue weighted by atomic mass is 17.2. The fraction of sp³-hybridized carbons (Fsp3) is 0.929. The molecule has 0 aliphatic rings. The molecule has 0 aliphatic heterocycles. The molecule has 0 spiro atoms. The van der Waals surface area contributed by atoms with E-state index in [9.17, 15) is 9.59 Å². The quantitative estimate of drug-likeness (QED) is 0.103.